The van der Waals surface area contributed by atoms with E-state index < -0.39 is 24.4 Å². The zero-order chi connectivity index (χ0) is 20.5. The number of nitrogens with zero attached hydrogens (tertiary/aromatic N) is 3. The van der Waals surface area contributed by atoms with E-state index in [1.54, 1.807) is 18.5 Å². The van der Waals surface area contributed by atoms with E-state index >= 15 is 0 Å². The molecule has 0 saturated carbocycles. The van der Waals surface area contributed by atoms with E-state index in [-0.39, 0.29) is 15.4 Å². The Morgan fingerprint density at radius 2 is 1.86 bits per heavy atom. The molecule has 0 spiro atoms. The van der Waals surface area contributed by atoms with Crippen LogP contribution in [-0.2, 0) is 24.1 Å². The van der Waals surface area contributed by atoms with E-state index in [1.807, 2.05) is 30.3 Å². The molecule has 0 N–H and O–H groups in total. The second-order valence-electron chi connectivity index (χ2n) is 6.27. The Morgan fingerprint density at radius 1 is 1.18 bits per heavy atom. The van der Waals surface area contributed by atoms with Gasteiger partial charge >= 0.3 is 12.1 Å². The summed E-state index contributed by atoms with van der Waals surface area (Å²) in [5, 5.41) is 4.63. The Hall–Kier alpha value is -2.68. The molecule has 0 saturated heterocycles. The van der Waals surface area contributed by atoms with Gasteiger partial charge in [-0.25, -0.2) is 9.78 Å². The van der Waals surface area contributed by atoms with E-state index in [2.05, 4.69) is 10.1 Å². The van der Waals surface area contributed by atoms with Crippen molar-refractivity contribution < 1.29 is 22.7 Å². The molecular weight excluding hydrogens is 391 g/mol. The predicted octanol–water partition coefficient (Wildman–Crippen LogP) is 4.69. The first kappa shape index (κ1) is 20.1. The maximum absolute atomic E-state index is 13.0. The molecule has 148 valence electrons. The van der Waals surface area contributed by atoms with Gasteiger partial charge in [-0.05, 0) is 26.3 Å². The Labute approximate surface area is 163 Å². The Bertz CT molecular complexity index is 994. The van der Waals surface area contributed by atoms with Crippen LogP contribution in [0.1, 0.15) is 42.9 Å². The van der Waals surface area contributed by atoms with E-state index in [9.17, 15) is 18.0 Å². The van der Waals surface area contributed by atoms with E-state index in [0.29, 0.717) is 17.9 Å². The molecule has 0 unspecified atom stereocenters. The number of carbonyl (C=O) groups is 1. The van der Waals surface area contributed by atoms with Crippen LogP contribution in [0.5, 0.6) is 0 Å². The smallest absolute Gasteiger partial charge is 0.434 e. The molecule has 0 aliphatic heterocycles. The number of carbonyl (C=O) groups excluding carboxylic acids is 1. The van der Waals surface area contributed by atoms with Crippen LogP contribution in [0.15, 0.2) is 30.3 Å². The number of halogens is 3. The molecular formula is C19H18F3N3O2S. The van der Waals surface area contributed by atoms with Gasteiger partial charge in [0.1, 0.15) is 12.2 Å². The number of benzene rings is 1. The summed E-state index contributed by atoms with van der Waals surface area (Å²) >= 11 is 0.865. The summed E-state index contributed by atoms with van der Waals surface area (Å²) in [5.74, 6) is -0.700. The van der Waals surface area contributed by atoms with Gasteiger partial charge in [-0.2, -0.15) is 18.3 Å². The third-order valence-corrected chi connectivity index (χ3v) is 5.11. The van der Waals surface area contributed by atoms with Crippen molar-refractivity contribution in [3.8, 4) is 0 Å². The second-order valence-corrected chi connectivity index (χ2v) is 7.56. The minimum atomic E-state index is -4.58. The van der Waals surface area contributed by atoms with E-state index in [1.165, 1.54) is 6.92 Å². The van der Waals surface area contributed by atoms with Gasteiger partial charge in [0.15, 0.2) is 5.69 Å². The Balaban J connectivity index is 1.77. The number of alkyl halides is 3. The maximum atomic E-state index is 13.0. The lowest BCUT2D eigenvalue weighted by Gasteiger charge is -2.08. The largest absolute Gasteiger partial charge is 0.456 e. The quantitative estimate of drug-likeness (QED) is 0.574. The highest BCUT2D eigenvalue weighted by Gasteiger charge is 2.37. The molecule has 0 fully saturated rings. The predicted molar refractivity (Wildman–Crippen MR) is 98.2 cm³/mol. The molecule has 0 atom stereocenters. The van der Waals surface area contributed by atoms with Crippen LogP contribution in [-0.4, -0.2) is 20.7 Å². The lowest BCUT2D eigenvalue weighted by atomic mass is 10.2. The molecule has 0 aliphatic rings. The number of ether oxygens (including phenoxy) is 1. The van der Waals surface area contributed by atoms with Gasteiger partial charge in [0.05, 0.1) is 27.8 Å². The highest BCUT2D eigenvalue weighted by Crippen LogP contribution is 2.34. The number of rotatable bonds is 5. The van der Waals surface area contributed by atoms with Crippen molar-refractivity contribution in [1.29, 1.82) is 0 Å². The van der Waals surface area contributed by atoms with Crippen molar-refractivity contribution in [1.82, 2.24) is 14.8 Å². The molecule has 28 heavy (non-hydrogen) atoms. The van der Waals surface area contributed by atoms with E-state index in [0.717, 1.165) is 16.9 Å². The fourth-order valence-corrected chi connectivity index (χ4v) is 3.76. The van der Waals surface area contributed by atoms with Gasteiger partial charge in [-0.3, -0.25) is 4.68 Å². The van der Waals surface area contributed by atoms with E-state index in [4.69, 9.17) is 4.74 Å². The number of aryl methyl sites for hydroxylation is 2. The minimum absolute atomic E-state index is 0.120. The molecule has 3 rings (SSSR count). The molecule has 5 nitrogen and oxygen atoms in total. The maximum Gasteiger partial charge on any atom is 0.434 e. The van der Waals surface area contributed by atoms with Gasteiger partial charge in [-0.1, -0.05) is 30.3 Å². The third-order valence-electron chi connectivity index (χ3n) is 4.17. The fraction of sp³-hybridized carbons (Fsp3) is 0.316. The van der Waals surface area contributed by atoms with Gasteiger partial charge < -0.3 is 4.74 Å². The monoisotopic (exact) mass is 409 g/mol. The van der Waals surface area contributed by atoms with Crippen molar-refractivity contribution >= 4 is 17.3 Å². The average molecular weight is 409 g/mol. The number of aromatic nitrogens is 3. The highest BCUT2D eigenvalue weighted by atomic mass is 32.1. The van der Waals surface area contributed by atoms with Crippen LogP contribution in [0.3, 0.4) is 0 Å². The summed E-state index contributed by atoms with van der Waals surface area (Å²) in [7, 11) is 0. The first-order chi connectivity index (χ1) is 13.2. The highest BCUT2D eigenvalue weighted by molar-refractivity contribution is 7.11. The molecule has 9 heteroatoms. The fourth-order valence-electron chi connectivity index (χ4n) is 2.89. The number of thiazole rings is 1. The molecule has 0 bridgehead atoms. The summed E-state index contributed by atoms with van der Waals surface area (Å²) in [6, 6.07) is 9.61. The number of hydrogen-bond donors (Lipinski definition) is 0. The Kier molecular flexibility index (Phi) is 5.55. The van der Waals surface area contributed by atoms with Crippen LogP contribution < -0.4 is 0 Å². The first-order valence-corrected chi connectivity index (χ1v) is 9.27. The summed E-state index contributed by atoms with van der Waals surface area (Å²) in [5.41, 5.74) is 1.35. The van der Waals surface area contributed by atoms with Gasteiger partial charge in [-0.15, -0.1) is 11.3 Å². The Morgan fingerprint density at radius 3 is 2.50 bits per heavy atom. The number of hydrogen-bond acceptors (Lipinski definition) is 5. The van der Waals surface area contributed by atoms with Crippen LogP contribution in [0.25, 0.3) is 0 Å². The zero-order valence-electron chi connectivity index (χ0n) is 15.5. The average Bonchev–Trinajstić information content (AvgIpc) is 3.13. The lowest BCUT2D eigenvalue weighted by molar-refractivity contribution is -0.141. The van der Waals surface area contributed by atoms with Gasteiger partial charge in [0.25, 0.3) is 0 Å². The molecule has 0 aliphatic carbocycles. The van der Waals surface area contributed by atoms with Crippen molar-refractivity contribution in [2.45, 2.75) is 40.1 Å². The molecule has 2 aromatic heterocycles. The molecule has 3 aromatic rings. The van der Waals surface area contributed by atoms with Gasteiger partial charge in [0.2, 0.25) is 0 Å². The summed E-state index contributed by atoms with van der Waals surface area (Å²) in [6.45, 7) is 4.88. The van der Waals surface area contributed by atoms with Gasteiger partial charge in [0, 0.05) is 0 Å². The summed E-state index contributed by atoms with van der Waals surface area (Å²) < 4.78 is 46.0. The number of esters is 1. The molecule has 1 aromatic carbocycles. The minimum Gasteiger partial charge on any atom is -0.456 e. The summed E-state index contributed by atoms with van der Waals surface area (Å²) in [4.78, 5) is 15.9. The lowest BCUT2D eigenvalue weighted by Crippen LogP contribution is -2.12. The van der Waals surface area contributed by atoms with Crippen molar-refractivity contribution in [3.05, 3.63) is 68.4 Å². The SMILES string of the molecule is Cc1nc(C(F)(F)F)c(COC(=O)c2c(C)nn(Cc3ccccc3)c2C)s1. The molecule has 0 radical (unpaired) electrons. The normalized spacial score (nSPS) is 11.6. The standard InChI is InChI=1S/C19H18F3N3O2S/c1-11-16(12(2)25(24-11)9-14-7-5-4-6-8-14)18(26)27-10-15-17(19(20,21)22)23-13(3)28-15/h4-8H,9-10H2,1-3H3. The molecule has 2 heterocycles. The van der Waals surface area contributed by atoms with Crippen LogP contribution in [0.4, 0.5) is 13.2 Å². The zero-order valence-corrected chi connectivity index (χ0v) is 16.3. The first-order valence-electron chi connectivity index (χ1n) is 8.45. The topological polar surface area (TPSA) is 57.0 Å². The van der Waals surface area contributed by atoms with Crippen molar-refractivity contribution in [2.75, 3.05) is 0 Å². The van der Waals surface area contributed by atoms with Crippen LogP contribution in [0.2, 0.25) is 0 Å². The molecule has 0 amide bonds. The van der Waals surface area contributed by atoms with Crippen molar-refractivity contribution in [2.24, 2.45) is 0 Å². The summed E-state index contributed by atoms with van der Waals surface area (Å²) in [6.07, 6.45) is -4.58. The second kappa shape index (κ2) is 7.75. The van der Waals surface area contributed by atoms with Crippen LogP contribution in [0, 0.1) is 20.8 Å². The van der Waals surface area contributed by atoms with Crippen LogP contribution >= 0.6 is 11.3 Å². The van der Waals surface area contributed by atoms with Crippen molar-refractivity contribution in [3.63, 3.8) is 0 Å². The third kappa shape index (κ3) is 4.24.